The molecule has 3 rings (SSSR count). The van der Waals surface area contributed by atoms with Crippen molar-refractivity contribution < 1.29 is 13.6 Å². The quantitative estimate of drug-likeness (QED) is 0.705. The van der Waals surface area contributed by atoms with E-state index in [0.717, 1.165) is 28.5 Å². The summed E-state index contributed by atoms with van der Waals surface area (Å²) >= 11 is 10.2. The number of nitrogens with zero attached hydrogens (tertiary/aromatic N) is 1. The molecule has 1 amide bonds. The molecule has 2 aromatic rings. The molecule has 1 aliphatic rings. The minimum absolute atomic E-state index is 0.0773. The molecular weight excluding hydrogens is 421 g/mol. The fraction of sp³-hybridized carbons (Fsp3) is 0.316. The van der Waals surface area contributed by atoms with Crippen LogP contribution in [0.15, 0.2) is 36.4 Å². The average Bonchev–Trinajstić information content (AvgIpc) is 3.05. The van der Waals surface area contributed by atoms with Crippen molar-refractivity contribution in [1.29, 1.82) is 0 Å². The lowest BCUT2D eigenvalue weighted by molar-refractivity contribution is -0.133. The Hall–Kier alpha value is -1.48. The standard InChI is InChI=1S/C18H19Cl2N3O.CH4O2S/c19-15-4-3-12(16(20)7-15)6-17(22)18(24)23-9-13-2-1-11(8-21)5-14(13)10-23;1-4(2)3/h1-5,7,17H,6,8-10,21-22H2;1H3,(H,2,3)/p-1. The van der Waals surface area contributed by atoms with Crippen LogP contribution in [0.2, 0.25) is 10.0 Å². The van der Waals surface area contributed by atoms with E-state index >= 15 is 0 Å². The molecule has 6 nitrogen and oxygen atoms in total. The van der Waals surface area contributed by atoms with Crippen molar-refractivity contribution in [3.63, 3.8) is 0 Å². The summed E-state index contributed by atoms with van der Waals surface area (Å²) in [5.41, 5.74) is 16.0. The van der Waals surface area contributed by atoms with Crippen LogP contribution in [0.25, 0.3) is 0 Å². The van der Waals surface area contributed by atoms with Crippen LogP contribution >= 0.6 is 23.2 Å². The molecule has 0 saturated heterocycles. The topological polar surface area (TPSA) is 112 Å². The maximum absolute atomic E-state index is 12.7. The summed E-state index contributed by atoms with van der Waals surface area (Å²) in [6.07, 6.45) is 1.47. The minimum Gasteiger partial charge on any atom is -0.773 e. The zero-order valence-electron chi connectivity index (χ0n) is 15.4. The van der Waals surface area contributed by atoms with Crippen molar-refractivity contribution in [3.8, 4) is 0 Å². The van der Waals surface area contributed by atoms with Crippen molar-refractivity contribution in [3.05, 3.63) is 68.7 Å². The van der Waals surface area contributed by atoms with Crippen molar-refractivity contribution in [2.45, 2.75) is 32.1 Å². The van der Waals surface area contributed by atoms with Crippen LogP contribution in [0.4, 0.5) is 0 Å². The number of carbonyl (C=O) groups is 1. The third kappa shape index (κ3) is 6.27. The molecule has 0 aliphatic carbocycles. The number of amides is 1. The SMILES string of the molecule is CS(=O)[O-].NCc1ccc2c(c1)CN(C(=O)C(N)Cc1ccc(Cl)cc1Cl)C2. The molecule has 0 fully saturated rings. The first-order valence-corrected chi connectivity index (χ1v) is 10.7. The number of hydrogen-bond acceptors (Lipinski definition) is 5. The van der Waals surface area contributed by atoms with Gasteiger partial charge in [0.25, 0.3) is 0 Å². The molecule has 2 aromatic carbocycles. The van der Waals surface area contributed by atoms with Gasteiger partial charge in [0.2, 0.25) is 5.91 Å². The molecule has 0 radical (unpaired) electrons. The van der Waals surface area contributed by atoms with E-state index < -0.39 is 17.1 Å². The van der Waals surface area contributed by atoms with Crippen molar-refractivity contribution in [2.24, 2.45) is 11.5 Å². The van der Waals surface area contributed by atoms with Crippen molar-refractivity contribution >= 4 is 40.2 Å². The zero-order chi connectivity index (χ0) is 20.8. The number of benzene rings is 2. The van der Waals surface area contributed by atoms with Gasteiger partial charge in [-0.25, -0.2) is 0 Å². The zero-order valence-corrected chi connectivity index (χ0v) is 17.7. The summed E-state index contributed by atoms with van der Waals surface area (Å²) in [6, 6.07) is 10.7. The Balaban J connectivity index is 0.000000640. The molecule has 0 bridgehead atoms. The van der Waals surface area contributed by atoms with Gasteiger partial charge in [-0.2, -0.15) is 0 Å². The van der Waals surface area contributed by atoms with E-state index in [1.165, 1.54) is 0 Å². The van der Waals surface area contributed by atoms with Gasteiger partial charge in [0.1, 0.15) is 0 Å². The molecule has 9 heteroatoms. The molecule has 4 N–H and O–H groups in total. The van der Waals surface area contributed by atoms with Gasteiger partial charge in [0, 0.05) is 29.7 Å². The molecular formula is C19H22Cl2N3O3S-. The van der Waals surface area contributed by atoms with Crippen molar-refractivity contribution in [1.82, 2.24) is 4.90 Å². The van der Waals surface area contributed by atoms with E-state index in [2.05, 4.69) is 6.07 Å². The number of hydrogen-bond donors (Lipinski definition) is 2. The van der Waals surface area contributed by atoms with Crippen LogP contribution in [0.3, 0.4) is 0 Å². The third-order valence-corrected chi connectivity index (χ3v) is 4.90. The lowest BCUT2D eigenvalue weighted by Crippen LogP contribution is -2.42. The van der Waals surface area contributed by atoms with Gasteiger partial charge < -0.3 is 20.9 Å². The molecule has 152 valence electrons. The summed E-state index contributed by atoms with van der Waals surface area (Å²) in [6.45, 7) is 1.65. The van der Waals surface area contributed by atoms with Crippen LogP contribution in [0.5, 0.6) is 0 Å². The normalized spacial score (nSPS) is 14.7. The summed E-state index contributed by atoms with van der Waals surface area (Å²) in [4.78, 5) is 14.4. The molecule has 0 aromatic heterocycles. The highest BCUT2D eigenvalue weighted by Gasteiger charge is 2.27. The Bertz CT molecular complexity index is 875. The van der Waals surface area contributed by atoms with Gasteiger partial charge in [-0.15, -0.1) is 0 Å². The van der Waals surface area contributed by atoms with Gasteiger partial charge in [-0.3, -0.25) is 9.00 Å². The molecule has 0 spiro atoms. The van der Waals surface area contributed by atoms with E-state index in [1.807, 2.05) is 18.2 Å². The molecule has 0 saturated carbocycles. The highest BCUT2D eigenvalue weighted by molar-refractivity contribution is 7.78. The lowest BCUT2D eigenvalue weighted by Gasteiger charge is -2.20. The largest absolute Gasteiger partial charge is 0.773 e. The predicted molar refractivity (Wildman–Crippen MR) is 112 cm³/mol. The fourth-order valence-electron chi connectivity index (χ4n) is 2.98. The summed E-state index contributed by atoms with van der Waals surface area (Å²) in [5.74, 6) is -0.0773. The average molecular weight is 443 g/mol. The Morgan fingerprint density at radius 3 is 2.46 bits per heavy atom. The minimum atomic E-state index is -1.86. The smallest absolute Gasteiger partial charge is 0.240 e. The number of rotatable bonds is 4. The van der Waals surface area contributed by atoms with Gasteiger partial charge in [-0.05, 0) is 47.1 Å². The molecule has 1 heterocycles. The maximum Gasteiger partial charge on any atom is 0.240 e. The van der Waals surface area contributed by atoms with Crippen LogP contribution < -0.4 is 11.5 Å². The van der Waals surface area contributed by atoms with Gasteiger partial charge in [0.05, 0.1) is 6.04 Å². The number of fused-ring (bicyclic) bond motifs is 1. The Labute approximate surface area is 177 Å². The van der Waals surface area contributed by atoms with Crippen LogP contribution in [0, 0.1) is 0 Å². The molecule has 2 atom stereocenters. The molecule has 1 aliphatic heterocycles. The van der Waals surface area contributed by atoms with Crippen molar-refractivity contribution in [2.75, 3.05) is 6.26 Å². The van der Waals surface area contributed by atoms with E-state index in [1.54, 1.807) is 17.0 Å². The van der Waals surface area contributed by atoms with Gasteiger partial charge in [-0.1, -0.05) is 58.5 Å². The summed E-state index contributed by atoms with van der Waals surface area (Å²) in [5, 5.41) is 1.09. The van der Waals surface area contributed by atoms with E-state index in [0.29, 0.717) is 36.1 Å². The van der Waals surface area contributed by atoms with E-state index in [4.69, 9.17) is 43.4 Å². The number of halogens is 2. The van der Waals surface area contributed by atoms with Gasteiger partial charge >= 0.3 is 0 Å². The lowest BCUT2D eigenvalue weighted by atomic mass is 10.1. The second kappa shape index (κ2) is 10.3. The summed E-state index contributed by atoms with van der Waals surface area (Å²) in [7, 11) is 0. The monoisotopic (exact) mass is 442 g/mol. The Morgan fingerprint density at radius 1 is 1.21 bits per heavy atom. The fourth-order valence-corrected chi connectivity index (χ4v) is 3.46. The van der Waals surface area contributed by atoms with Crippen LogP contribution in [-0.2, 0) is 41.9 Å². The summed E-state index contributed by atoms with van der Waals surface area (Å²) < 4.78 is 18.0. The first kappa shape index (κ1) is 22.8. The first-order chi connectivity index (χ1) is 13.2. The second-order valence-corrected chi connectivity index (χ2v) is 8.10. The molecule has 28 heavy (non-hydrogen) atoms. The number of carbonyl (C=O) groups excluding carboxylic acids is 1. The van der Waals surface area contributed by atoms with Crippen LogP contribution in [0.1, 0.15) is 22.3 Å². The second-order valence-electron chi connectivity index (χ2n) is 6.45. The highest BCUT2D eigenvalue weighted by atomic mass is 35.5. The highest BCUT2D eigenvalue weighted by Crippen LogP contribution is 2.26. The van der Waals surface area contributed by atoms with Crippen LogP contribution in [-0.4, -0.2) is 31.9 Å². The third-order valence-electron chi connectivity index (χ3n) is 4.31. The Kier molecular flexibility index (Phi) is 8.42. The predicted octanol–water partition coefficient (Wildman–Crippen LogP) is 2.36. The first-order valence-electron chi connectivity index (χ1n) is 8.51. The van der Waals surface area contributed by atoms with E-state index in [-0.39, 0.29) is 5.91 Å². The van der Waals surface area contributed by atoms with Gasteiger partial charge in [0.15, 0.2) is 0 Å². The van der Waals surface area contributed by atoms with E-state index in [9.17, 15) is 4.79 Å². The maximum atomic E-state index is 12.7. The molecule has 2 unspecified atom stereocenters. The number of nitrogens with two attached hydrogens (primary N) is 2. The Morgan fingerprint density at radius 2 is 1.86 bits per heavy atom.